The highest BCUT2D eigenvalue weighted by molar-refractivity contribution is 5.86. The maximum absolute atomic E-state index is 12.8. The van der Waals surface area contributed by atoms with E-state index in [-0.39, 0.29) is 24.9 Å². The molecule has 0 bridgehead atoms. The average molecular weight is 337 g/mol. The van der Waals surface area contributed by atoms with Gasteiger partial charge in [-0.1, -0.05) is 42.5 Å². The minimum absolute atomic E-state index is 0.0265. The molecule has 0 fully saturated rings. The van der Waals surface area contributed by atoms with Gasteiger partial charge in [-0.3, -0.25) is 9.59 Å². The molecule has 0 radical (unpaired) electrons. The molecule has 0 saturated heterocycles. The first-order valence-corrected chi connectivity index (χ1v) is 8.39. The summed E-state index contributed by atoms with van der Waals surface area (Å²) in [6.45, 7) is 1.65. The second kappa shape index (κ2) is 7.38. The maximum Gasteiger partial charge on any atom is 0.242 e. The fourth-order valence-electron chi connectivity index (χ4n) is 2.95. The van der Waals surface area contributed by atoms with Gasteiger partial charge >= 0.3 is 0 Å². The Bertz CT molecular complexity index is 734. The van der Waals surface area contributed by atoms with Crippen molar-refractivity contribution in [2.45, 2.75) is 13.1 Å². The van der Waals surface area contributed by atoms with E-state index in [0.717, 1.165) is 5.69 Å². The number of para-hydroxylation sites is 1. The number of fused-ring (bicyclic) bond motifs is 1. The third-order valence-electron chi connectivity index (χ3n) is 4.47. The van der Waals surface area contributed by atoms with Crippen LogP contribution in [0.25, 0.3) is 0 Å². The van der Waals surface area contributed by atoms with Crippen molar-refractivity contribution < 1.29 is 9.59 Å². The SMILES string of the molecule is CN(C)C(=O)CN(CC(=O)N1Cc2ccccc2C1)c1ccccc1. The van der Waals surface area contributed by atoms with Gasteiger partial charge in [-0.05, 0) is 23.3 Å². The van der Waals surface area contributed by atoms with Crippen molar-refractivity contribution in [1.82, 2.24) is 9.80 Å². The molecule has 0 aromatic heterocycles. The first kappa shape index (κ1) is 17.0. The number of carbonyl (C=O) groups is 2. The lowest BCUT2D eigenvalue weighted by Gasteiger charge is -2.27. The number of likely N-dealkylation sites (N-methyl/N-ethyl adjacent to an activating group) is 1. The number of amides is 2. The van der Waals surface area contributed by atoms with E-state index in [0.29, 0.717) is 13.1 Å². The van der Waals surface area contributed by atoms with Gasteiger partial charge in [0.15, 0.2) is 0 Å². The maximum atomic E-state index is 12.8. The summed E-state index contributed by atoms with van der Waals surface area (Å²) in [4.78, 5) is 30.2. The third-order valence-corrected chi connectivity index (χ3v) is 4.47. The van der Waals surface area contributed by atoms with Crippen LogP contribution >= 0.6 is 0 Å². The van der Waals surface area contributed by atoms with Gasteiger partial charge < -0.3 is 14.7 Å². The van der Waals surface area contributed by atoms with Crippen molar-refractivity contribution in [3.05, 3.63) is 65.7 Å². The molecule has 5 heteroatoms. The molecule has 0 unspecified atom stereocenters. The van der Waals surface area contributed by atoms with Gasteiger partial charge in [0.1, 0.15) is 0 Å². The number of hydrogen-bond donors (Lipinski definition) is 0. The van der Waals surface area contributed by atoms with Gasteiger partial charge in [0.05, 0.1) is 13.1 Å². The second-order valence-electron chi connectivity index (χ2n) is 6.50. The van der Waals surface area contributed by atoms with Gasteiger partial charge in [0, 0.05) is 32.9 Å². The highest BCUT2D eigenvalue weighted by Gasteiger charge is 2.25. The quantitative estimate of drug-likeness (QED) is 0.839. The van der Waals surface area contributed by atoms with Crippen LogP contribution in [0.1, 0.15) is 11.1 Å². The van der Waals surface area contributed by atoms with E-state index >= 15 is 0 Å². The summed E-state index contributed by atoms with van der Waals surface area (Å²) in [5.41, 5.74) is 3.28. The Morgan fingerprint density at radius 2 is 1.44 bits per heavy atom. The van der Waals surface area contributed by atoms with E-state index < -0.39 is 0 Å². The molecule has 3 rings (SSSR count). The lowest BCUT2D eigenvalue weighted by molar-refractivity contribution is -0.130. The van der Waals surface area contributed by atoms with Gasteiger partial charge in [-0.25, -0.2) is 0 Å². The van der Waals surface area contributed by atoms with Crippen LogP contribution in [0.3, 0.4) is 0 Å². The van der Waals surface area contributed by atoms with Crippen LogP contribution in [0.15, 0.2) is 54.6 Å². The predicted octanol–water partition coefficient (Wildman–Crippen LogP) is 2.12. The summed E-state index contributed by atoms with van der Waals surface area (Å²) >= 11 is 0. The van der Waals surface area contributed by atoms with Crippen LogP contribution in [0.5, 0.6) is 0 Å². The fourth-order valence-corrected chi connectivity index (χ4v) is 2.95. The lowest BCUT2D eigenvalue weighted by Crippen LogP contribution is -2.43. The average Bonchev–Trinajstić information content (AvgIpc) is 3.06. The molecule has 5 nitrogen and oxygen atoms in total. The van der Waals surface area contributed by atoms with Crippen molar-refractivity contribution in [3.63, 3.8) is 0 Å². The smallest absolute Gasteiger partial charge is 0.242 e. The third kappa shape index (κ3) is 3.99. The summed E-state index contributed by atoms with van der Waals surface area (Å²) < 4.78 is 0. The molecule has 130 valence electrons. The normalized spacial score (nSPS) is 12.6. The molecule has 0 spiro atoms. The largest absolute Gasteiger partial charge is 0.353 e. The molecule has 0 saturated carbocycles. The Morgan fingerprint density at radius 3 is 2.00 bits per heavy atom. The molecule has 1 heterocycles. The second-order valence-corrected chi connectivity index (χ2v) is 6.50. The lowest BCUT2D eigenvalue weighted by atomic mass is 10.1. The molecule has 0 N–H and O–H groups in total. The standard InChI is InChI=1S/C20H23N3O2/c1-21(2)19(24)14-22(18-10-4-3-5-11-18)15-20(25)23-12-16-8-6-7-9-17(16)13-23/h3-11H,12-15H2,1-2H3. The van der Waals surface area contributed by atoms with Crippen molar-refractivity contribution >= 4 is 17.5 Å². The van der Waals surface area contributed by atoms with Crippen LogP contribution in [0, 0.1) is 0 Å². The highest BCUT2D eigenvalue weighted by Crippen LogP contribution is 2.23. The minimum Gasteiger partial charge on any atom is -0.353 e. The molecule has 1 aliphatic heterocycles. The van der Waals surface area contributed by atoms with Crippen LogP contribution in [-0.4, -0.2) is 48.8 Å². The number of carbonyl (C=O) groups excluding carboxylic acids is 2. The fraction of sp³-hybridized carbons (Fsp3) is 0.300. The van der Waals surface area contributed by atoms with E-state index in [1.54, 1.807) is 19.0 Å². The molecule has 25 heavy (non-hydrogen) atoms. The van der Waals surface area contributed by atoms with Crippen LogP contribution in [0.2, 0.25) is 0 Å². The zero-order valence-electron chi connectivity index (χ0n) is 14.7. The number of hydrogen-bond acceptors (Lipinski definition) is 3. The molecule has 0 aliphatic carbocycles. The number of rotatable bonds is 5. The van der Waals surface area contributed by atoms with E-state index in [1.165, 1.54) is 11.1 Å². The van der Waals surface area contributed by atoms with E-state index in [2.05, 4.69) is 12.1 Å². The number of benzene rings is 2. The zero-order valence-corrected chi connectivity index (χ0v) is 14.7. The monoisotopic (exact) mass is 337 g/mol. The summed E-state index contributed by atoms with van der Waals surface area (Å²) in [5.74, 6) is 0.00738. The molecular weight excluding hydrogens is 314 g/mol. The Morgan fingerprint density at radius 1 is 0.880 bits per heavy atom. The van der Waals surface area contributed by atoms with Gasteiger partial charge in [0.2, 0.25) is 11.8 Å². The Labute approximate surface area is 148 Å². The van der Waals surface area contributed by atoms with E-state index in [1.807, 2.05) is 52.3 Å². The van der Waals surface area contributed by atoms with Crippen molar-refractivity contribution in [2.75, 3.05) is 32.1 Å². The van der Waals surface area contributed by atoms with Crippen LogP contribution in [0.4, 0.5) is 5.69 Å². The number of anilines is 1. The van der Waals surface area contributed by atoms with Crippen LogP contribution < -0.4 is 4.90 Å². The Hall–Kier alpha value is -2.82. The minimum atomic E-state index is -0.0265. The zero-order chi connectivity index (χ0) is 17.8. The molecular formula is C20H23N3O2. The molecule has 1 aliphatic rings. The summed E-state index contributed by atoms with van der Waals surface area (Å²) in [7, 11) is 3.45. The molecule has 2 amide bonds. The first-order valence-electron chi connectivity index (χ1n) is 8.39. The van der Waals surface area contributed by atoms with E-state index in [9.17, 15) is 9.59 Å². The topological polar surface area (TPSA) is 43.9 Å². The van der Waals surface area contributed by atoms with Gasteiger partial charge in [0.25, 0.3) is 0 Å². The molecule has 0 atom stereocenters. The highest BCUT2D eigenvalue weighted by atomic mass is 16.2. The van der Waals surface area contributed by atoms with E-state index in [4.69, 9.17) is 0 Å². The van der Waals surface area contributed by atoms with Crippen LogP contribution in [-0.2, 0) is 22.7 Å². The molecule has 2 aromatic rings. The van der Waals surface area contributed by atoms with Crippen molar-refractivity contribution in [2.24, 2.45) is 0 Å². The van der Waals surface area contributed by atoms with Crippen molar-refractivity contribution in [3.8, 4) is 0 Å². The Balaban J connectivity index is 1.72. The Kier molecular flexibility index (Phi) is 5.03. The number of nitrogens with zero attached hydrogens (tertiary/aromatic N) is 3. The molecule has 2 aromatic carbocycles. The predicted molar refractivity (Wildman–Crippen MR) is 98.0 cm³/mol. The summed E-state index contributed by atoms with van der Waals surface area (Å²) in [5, 5.41) is 0. The first-order chi connectivity index (χ1) is 12.0. The van der Waals surface area contributed by atoms with Gasteiger partial charge in [-0.2, -0.15) is 0 Å². The van der Waals surface area contributed by atoms with Crippen molar-refractivity contribution in [1.29, 1.82) is 0 Å². The summed E-state index contributed by atoms with van der Waals surface area (Å²) in [6, 6.07) is 17.7. The van der Waals surface area contributed by atoms with Gasteiger partial charge in [-0.15, -0.1) is 0 Å². The summed E-state index contributed by atoms with van der Waals surface area (Å²) in [6.07, 6.45) is 0.